The van der Waals surface area contributed by atoms with Crippen molar-refractivity contribution in [2.24, 2.45) is 5.92 Å². The Bertz CT molecular complexity index is 277. The summed E-state index contributed by atoms with van der Waals surface area (Å²) >= 11 is 0. The third-order valence-electron chi connectivity index (χ3n) is 3.28. The number of nitrogens with one attached hydrogen (secondary N) is 1. The predicted octanol–water partition coefficient (Wildman–Crippen LogP) is 1.43. The van der Waals surface area contributed by atoms with Gasteiger partial charge >= 0.3 is 5.97 Å². The van der Waals surface area contributed by atoms with E-state index in [0.717, 1.165) is 19.0 Å². The van der Waals surface area contributed by atoms with Gasteiger partial charge in [-0.15, -0.1) is 0 Å². The van der Waals surface area contributed by atoms with Crippen LogP contribution in [0.5, 0.6) is 0 Å². The molecule has 1 unspecified atom stereocenters. The number of nitrogens with zero attached hydrogens (tertiary/aromatic N) is 1. The zero-order valence-corrected chi connectivity index (χ0v) is 11.8. The molecule has 1 heterocycles. The minimum atomic E-state index is -0.258. The molecule has 1 aliphatic rings. The summed E-state index contributed by atoms with van der Waals surface area (Å²) in [6.45, 7) is 10.9. The highest BCUT2D eigenvalue weighted by atomic mass is 16.5. The van der Waals surface area contributed by atoms with Crippen molar-refractivity contribution in [3.8, 4) is 0 Å². The zero-order chi connectivity index (χ0) is 13.4. The molecule has 1 aliphatic heterocycles. The smallest absolute Gasteiger partial charge is 0.330 e. The molecule has 0 aromatic rings. The fourth-order valence-electron chi connectivity index (χ4n) is 2.21. The first-order valence-corrected chi connectivity index (χ1v) is 6.91. The maximum absolute atomic E-state index is 11.0. The summed E-state index contributed by atoms with van der Waals surface area (Å²) in [7, 11) is 0. The van der Waals surface area contributed by atoms with Gasteiger partial charge in [0, 0.05) is 25.2 Å². The number of esters is 1. The molecule has 0 saturated carbocycles. The molecule has 4 nitrogen and oxygen atoms in total. The second-order valence-corrected chi connectivity index (χ2v) is 5.06. The average Bonchev–Trinajstić information content (AvgIpc) is 2.78. The van der Waals surface area contributed by atoms with E-state index in [1.807, 2.05) is 13.0 Å². The second kappa shape index (κ2) is 8.27. The number of hydrogen-bond donors (Lipinski definition) is 1. The molecule has 1 atom stereocenters. The molecule has 1 saturated heterocycles. The molecule has 1 N–H and O–H groups in total. The molecule has 0 amide bonds. The van der Waals surface area contributed by atoms with Crippen molar-refractivity contribution < 1.29 is 9.53 Å². The summed E-state index contributed by atoms with van der Waals surface area (Å²) in [5.41, 5.74) is 0. The summed E-state index contributed by atoms with van der Waals surface area (Å²) in [5, 5.41) is 3.36. The Kier molecular flexibility index (Phi) is 6.98. The van der Waals surface area contributed by atoms with E-state index >= 15 is 0 Å². The minimum absolute atomic E-state index is 0.258. The van der Waals surface area contributed by atoms with Crippen LogP contribution >= 0.6 is 0 Å². The van der Waals surface area contributed by atoms with Crippen molar-refractivity contribution in [2.75, 3.05) is 32.8 Å². The number of hydrogen-bond acceptors (Lipinski definition) is 4. The van der Waals surface area contributed by atoms with Crippen molar-refractivity contribution in [1.29, 1.82) is 0 Å². The molecule has 0 radical (unpaired) electrons. The monoisotopic (exact) mass is 254 g/mol. The standard InChI is InChI=1S/C14H26N2O2/c1-4-18-14(17)6-5-8-15-10-13-7-9-16(11-13)12(2)3/h5-6,12-13,15H,4,7-11H2,1-3H3/b6-5+. The van der Waals surface area contributed by atoms with Crippen LogP contribution < -0.4 is 5.32 Å². The molecule has 0 aliphatic carbocycles. The van der Waals surface area contributed by atoms with Gasteiger partial charge in [0.2, 0.25) is 0 Å². The van der Waals surface area contributed by atoms with Gasteiger partial charge in [0.1, 0.15) is 0 Å². The fraction of sp³-hybridized carbons (Fsp3) is 0.786. The van der Waals surface area contributed by atoms with Crippen LogP contribution in [-0.4, -0.2) is 49.7 Å². The van der Waals surface area contributed by atoms with Crippen LogP contribution in [0.15, 0.2) is 12.2 Å². The normalized spacial score (nSPS) is 21.0. The molecule has 0 aromatic carbocycles. The lowest BCUT2D eigenvalue weighted by molar-refractivity contribution is -0.137. The summed E-state index contributed by atoms with van der Waals surface area (Å²) in [6.07, 6.45) is 4.59. The van der Waals surface area contributed by atoms with Crippen LogP contribution in [0.25, 0.3) is 0 Å². The van der Waals surface area contributed by atoms with Crippen molar-refractivity contribution in [1.82, 2.24) is 10.2 Å². The molecule has 0 bridgehead atoms. The summed E-state index contributed by atoms with van der Waals surface area (Å²) in [6, 6.07) is 0.652. The largest absolute Gasteiger partial charge is 0.463 e. The third kappa shape index (κ3) is 5.65. The molecule has 104 valence electrons. The van der Waals surface area contributed by atoms with Gasteiger partial charge in [0.15, 0.2) is 0 Å². The van der Waals surface area contributed by atoms with Crippen molar-refractivity contribution in [2.45, 2.75) is 33.2 Å². The fourth-order valence-corrected chi connectivity index (χ4v) is 2.21. The van der Waals surface area contributed by atoms with Gasteiger partial charge in [-0.2, -0.15) is 0 Å². The van der Waals surface area contributed by atoms with Gasteiger partial charge in [-0.1, -0.05) is 6.08 Å². The Hall–Kier alpha value is -0.870. The Labute approximate surface area is 110 Å². The van der Waals surface area contributed by atoms with E-state index in [9.17, 15) is 4.79 Å². The Morgan fingerprint density at radius 3 is 2.94 bits per heavy atom. The van der Waals surface area contributed by atoms with Crippen LogP contribution in [0, 0.1) is 5.92 Å². The van der Waals surface area contributed by atoms with Gasteiger partial charge in [0.05, 0.1) is 6.61 Å². The quantitative estimate of drug-likeness (QED) is 0.424. The molecule has 0 spiro atoms. The average molecular weight is 254 g/mol. The first-order chi connectivity index (χ1) is 8.63. The molecule has 1 fully saturated rings. The van der Waals surface area contributed by atoms with Gasteiger partial charge in [-0.25, -0.2) is 4.79 Å². The maximum Gasteiger partial charge on any atom is 0.330 e. The van der Waals surface area contributed by atoms with E-state index in [0.29, 0.717) is 12.6 Å². The number of carbonyl (C=O) groups excluding carboxylic acids is 1. The molecule has 0 aromatic heterocycles. The van der Waals surface area contributed by atoms with E-state index in [2.05, 4.69) is 24.1 Å². The van der Waals surface area contributed by atoms with Crippen molar-refractivity contribution >= 4 is 5.97 Å². The van der Waals surface area contributed by atoms with Crippen LogP contribution in [0.1, 0.15) is 27.2 Å². The van der Waals surface area contributed by atoms with Gasteiger partial charge in [-0.05, 0) is 46.2 Å². The first kappa shape index (κ1) is 15.2. The SMILES string of the molecule is CCOC(=O)/C=C/CNCC1CCN(C(C)C)C1. The molecule has 1 rings (SSSR count). The first-order valence-electron chi connectivity index (χ1n) is 6.91. The highest BCUT2D eigenvalue weighted by molar-refractivity contribution is 5.81. The molecule has 18 heavy (non-hydrogen) atoms. The highest BCUT2D eigenvalue weighted by Crippen LogP contribution is 2.17. The van der Waals surface area contributed by atoms with Gasteiger partial charge in [0.25, 0.3) is 0 Å². The Morgan fingerprint density at radius 2 is 2.33 bits per heavy atom. The van der Waals surface area contributed by atoms with Crippen molar-refractivity contribution in [3.63, 3.8) is 0 Å². The van der Waals surface area contributed by atoms with E-state index < -0.39 is 0 Å². The lowest BCUT2D eigenvalue weighted by atomic mass is 10.1. The molecule has 4 heteroatoms. The molecular formula is C14H26N2O2. The lowest BCUT2D eigenvalue weighted by Crippen LogP contribution is -2.30. The number of ether oxygens (including phenoxy) is 1. The summed E-state index contributed by atoms with van der Waals surface area (Å²) in [4.78, 5) is 13.6. The number of likely N-dealkylation sites (tertiary alicyclic amines) is 1. The van der Waals surface area contributed by atoms with E-state index in [4.69, 9.17) is 4.74 Å². The third-order valence-corrected chi connectivity index (χ3v) is 3.28. The van der Waals surface area contributed by atoms with Crippen LogP contribution in [0.4, 0.5) is 0 Å². The van der Waals surface area contributed by atoms with Gasteiger partial charge < -0.3 is 15.0 Å². The van der Waals surface area contributed by atoms with Gasteiger partial charge in [-0.3, -0.25) is 0 Å². The van der Waals surface area contributed by atoms with Crippen LogP contribution in [-0.2, 0) is 9.53 Å². The van der Waals surface area contributed by atoms with E-state index in [-0.39, 0.29) is 5.97 Å². The lowest BCUT2D eigenvalue weighted by Gasteiger charge is -2.20. The predicted molar refractivity (Wildman–Crippen MR) is 73.5 cm³/mol. The van der Waals surface area contributed by atoms with E-state index in [1.54, 1.807) is 0 Å². The van der Waals surface area contributed by atoms with Crippen LogP contribution in [0.3, 0.4) is 0 Å². The Balaban J connectivity index is 2.07. The number of carbonyl (C=O) groups is 1. The summed E-state index contributed by atoms with van der Waals surface area (Å²) in [5.74, 6) is 0.481. The summed E-state index contributed by atoms with van der Waals surface area (Å²) < 4.78 is 4.80. The Morgan fingerprint density at radius 1 is 1.56 bits per heavy atom. The minimum Gasteiger partial charge on any atom is -0.463 e. The topological polar surface area (TPSA) is 41.6 Å². The maximum atomic E-state index is 11.0. The highest BCUT2D eigenvalue weighted by Gasteiger charge is 2.23. The number of rotatable bonds is 7. The zero-order valence-electron chi connectivity index (χ0n) is 11.8. The van der Waals surface area contributed by atoms with Crippen molar-refractivity contribution in [3.05, 3.63) is 12.2 Å². The molecular weight excluding hydrogens is 228 g/mol. The van der Waals surface area contributed by atoms with Crippen LogP contribution in [0.2, 0.25) is 0 Å². The van der Waals surface area contributed by atoms with E-state index in [1.165, 1.54) is 25.6 Å². The second-order valence-electron chi connectivity index (χ2n) is 5.06.